The number of phenolic OH excluding ortho intramolecular Hbond substituents is 1. The van der Waals surface area contributed by atoms with E-state index in [0.717, 1.165) is 10.0 Å². The highest BCUT2D eigenvalue weighted by molar-refractivity contribution is 8.01. The topological polar surface area (TPSA) is 79.3 Å². The number of nitrogens with zero attached hydrogens (tertiary/aromatic N) is 1. The number of anilines is 1. The first-order valence-electron chi connectivity index (χ1n) is 6.14. The number of nitrogens with one attached hydrogen (secondary N) is 1. The van der Waals surface area contributed by atoms with Crippen LogP contribution in [0.1, 0.15) is 23.0 Å². The Balaban J connectivity index is 2.06. The number of amides is 1. The summed E-state index contributed by atoms with van der Waals surface area (Å²) in [5.41, 5.74) is 1.62. The van der Waals surface area contributed by atoms with Gasteiger partial charge in [0, 0.05) is 23.6 Å². The number of thioether (sulfide) groups is 1. The standard InChI is InChI=1S/C14H14N2O3S2/c1-8-6-20-14(15-8)21-7-13(19)10-3-4-12(18)11(5-10)16-9(2)17/h3-6,18H,7H2,1-2H3,(H,16,17). The van der Waals surface area contributed by atoms with Gasteiger partial charge in [-0.1, -0.05) is 11.8 Å². The molecular formula is C14H14N2O3S2. The minimum Gasteiger partial charge on any atom is -0.506 e. The lowest BCUT2D eigenvalue weighted by Crippen LogP contribution is -2.08. The van der Waals surface area contributed by atoms with Gasteiger partial charge in [0.15, 0.2) is 10.1 Å². The fourth-order valence-corrected chi connectivity index (χ4v) is 3.35. The summed E-state index contributed by atoms with van der Waals surface area (Å²) in [5, 5.41) is 14.1. The van der Waals surface area contributed by atoms with Crippen molar-refractivity contribution in [3.05, 3.63) is 34.8 Å². The smallest absolute Gasteiger partial charge is 0.221 e. The normalized spacial score (nSPS) is 10.4. The zero-order chi connectivity index (χ0) is 15.4. The maximum absolute atomic E-state index is 12.1. The first-order chi connectivity index (χ1) is 9.95. The van der Waals surface area contributed by atoms with E-state index in [-0.39, 0.29) is 28.9 Å². The molecule has 0 fully saturated rings. The Morgan fingerprint density at radius 3 is 2.81 bits per heavy atom. The van der Waals surface area contributed by atoms with E-state index in [4.69, 9.17) is 0 Å². The summed E-state index contributed by atoms with van der Waals surface area (Å²) in [6.07, 6.45) is 0. The van der Waals surface area contributed by atoms with Crippen molar-refractivity contribution in [2.24, 2.45) is 0 Å². The molecule has 0 bridgehead atoms. The number of rotatable bonds is 5. The van der Waals surface area contributed by atoms with Crippen molar-refractivity contribution < 1.29 is 14.7 Å². The van der Waals surface area contributed by atoms with E-state index in [1.165, 1.54) is 48.2 Å². The van der Waals surface area contributed by atoms with Gasteiger partial charge in [0.1, 0.15) is 5.75 Å². The number of Topliss-reactive ketones (excluding diaryl/α,β-unsaturated/α-hetero) is 1. The second kappa shape index (κ2) is 6.73. The lowest BCUT2D eigenvalue weighted by Gasteiger charge is -2.07. The lowest BCUT2D eigenvalue weighted by molar-refractivity contribution is -0.114. The van der Waals surface area contributed by atoms with Crippen molar-refractivity contribution in [1.82, 2.24) is 4.98 Å². The molecule has 1 heterocycles. The van der Waals surface area contributed by atoms with Crippen LogP contribution in [0.15, 0.2) is 27.9 Å². The molecule has 21 heavy (non-hydrogen) atoms. The molecule has 2 aromatic rings. The molecule has 0 saturated carbocycles. The molecule has 0 unspecified atom stereocenters. The van der Waals surface area contributed by atoms with Crippen molar-refractivity contribution in [2.45, 2.75) is 18.2 Å². The van der Waals surface area contributed by atoms with Gasteiger partial charge < -0.3 is 10.4 Å². The second-order valence-electron chi connectivity index (χ2n) is 4.38. The summed E-state index contributed by atoms with van der Waals surface area (Å²) in [6.45, 7) is 3.25. The minimum absolute atomic E-state index is 0.0649. The highest BCUT2D eigenvalue weighted by Gasteiger charge is 2.12. The Morgan fingerprint density at radius 1 is 1.43 bits per heavy atom. The summed E-state index contributed by atoms with van der Waals surface area (Å²) in [7, 11) is 0. The maximum Gasteiger partial charge on any atom is 0.221 e. The highest BCUT2D eigenvalue weighted by atomic mass is 32.2. The molecule has 7 heteroatoms. The Bertz CT molecular complexity index is 683. The number of aryl methyl sites for hydroxylation is 1. The van der Waals surface area contributed by atoms with Gasteiger partial charge in [-0.3, -0.25) is 9.59 Å². The van der Waals surface area contributed by atoms with Crippen LogP contribution in [0.4, 0.5) is 5.69 Å². The third kappa shape index (κ3) is 4.30. The summed E-state index contributed by atoms with van der Waals surface area (Å²) < 4.78 is 0.849. The van der Waals surface area contributed by atoms with E-state index >= 15 is 0 Å². The van der Waals surface area contributed by atoms with Gasteiger partial charge >= 0.3 is 0 Å². The van der Waals surface area contributed by atoms with Crippen LogP contribution in [0.25, 0.3) is 0 Å². The van der Waals surface area contributed by atoms with E-state index in [1.807, 2.05) is 12.3 Å². The largest absolute Gasteiger partial charge is 0.506 e. The fraction of sp³-hybridized carbons (Fsp3) is 0.214. The molecule has 110 valence electrons. The van der Waals surface area contributed by atoms with Crippen LogP contribution >= 0.6 is 23.1 Å². The quantitative estimate of drug-likeness (QED) is 0.502. The van der Waals surface area contributed by atoms with E-state index in [2.05, 4.69) is 10.3 Å². The van der Waals surface area contributed by atoms with Crippen molar-refractivity contribution >= 4 is 40.5 Å². The Labute approximate surface area is 130 Å². The molecule has 1 aromatic heterocycles. The van der Waals surface area contributed by atoms with Crippen LogP contribution in [0.5, 0.6) is 5.75 Å². The summed E-state index contributed by atoms with van der Waals surface area (Å²) in [4.78, 5) is 27.5. The van der Waals surface area contributed by atoms with Crippen LogP contribution in [-0.4, -0.2) is 27.5 Å². The molecule has 5 nitrogen and oxygen atoms in total. The monoisotopic (exact) mass is 322 g/mol. The van der Waals surface area contributed by atoms with Gasteiger partial charge in [0.05, 0.1) is 11.4 Å². The van der Waals surface area contributed by atoms with E-state index < -0.39 is 0 Å². The average molecular weight is 322 g/mol. The fourth-order valence-electron chi connectivity index (χ4n) is 1.61. The molecule has 0 spiro atoms. The number of aromatic nitrogens is 1. The molecule has 2 rings (SSSR count). The zero-order valence-corrected chi connectivity index (χ0v) is 13.2. The Hall–Kier alpha value is -1.86. The summed E-state index contributed by atoms with van der Waals surface area (Å²) >= 11 is 2.88. The summed E-state index contributed by atoms with van der Waals surface area (Å²) in [6, 6.07) is 4.42. The number of phenols is 1. The number of carbonyl (C=O) groups excluding carboxylic acids is 2. The first-order valence-corrected chi connectivity index (χ1v) is 8.01. The first kappa shape index (κ1) is 15.5. The molecule has 0 aliphatic carbocycles. The van der Waals surface area contributed by atoms with Gasteiger partial charge in [-0.15, -0.1) is 11.3 Å². The number of ketones is 1. The average Bonchev–Trinajstić information content (AvgIpc) is 2.84. The van der Waals surface area contributed by atoms with E-state index in [1.54, 1.807) is 0 Å². The van der Waals surface area contributed by atoms with Crippen LogP contribution < -0.4 is 5.32 Å². The van der Waals surface area contributed by atoms with Crippen molar-refractivity contribution in [3.8, 4) is 5.75 Å². The molecule has 1 aromatic carbocycles. The third-order valence-corrected chi connectivity index (χ3v) is 4.69. The molecule has 0 aliphatic rings. The number of carbonyl (C=O) groups is 2. The van der Waals surface area contributed by atoms with Crippen LogP contribution in [0.3, 0.4) is 0 Å². The van der Waals surface area contributed by atoms with Crippen molar-refractivity contribution in [2.75, 3.05) is 11.1 Å². The molecule has 0 radical (unpaired) electrons. The highest BCUT2D eigenvalue weighted by Crippen LogP contribution is 2.27. The number of hydrogen-bond acceptors (Lipinski definition) is 6. The van der Waals surface area contributed by atoms with Gasteiger partial charge in [0.25, 0.3) is 0 Å². The maximum atomic E-state index is 12.1. The van der Waals surface area contributed by atoms with Crippen LogP contribution in [0.2, 0.25) is 0 Å². The number of aromatic hydroxyl groups is 1. The minimum atomic E-state index is -0.303. The van der Waals surface area contributed by atoms with Crippen molar-refractivity contribution in [3.63, 3.8) is 0 Å². The zero-order valence-electron chi connectivity index (χ0n) is 11.5. The van der Waals surface area contributed by atoms with Gasteiger partial charge in [0.2, 0.25) is 5.91 Å². The molecule has 0 saturated heterocycles. The number of thiazole rings is 1. The van der Waals surface area contributed by atoms with Gasteiger partial charge in [-0.25, -0.2) is 4.98 Å². The number of hydrogen-bond donors (Lipinski definition) is 2. The number of benzene rings is 1. The second-order valence-corrected chi connectivity index (χ2v) is 6.46. The predicted molar refractivity (Wildman–Crippen MR) is 84.3 cm³/mol. The molecule has 0 atom stereocenters. The van der Waals surface area contributed by atoms with Gasteiger partial charge in [-0.2, -0.15) is 0 Å². The van der Waals surface area contributed by atoms with Crippen LogP contribution in [-0.2, 0) is 4.79 Å². The van der Waals surface area contributed by atoms with Crippen molar-refractivity contribution in [1.29, 1.82) is 0 Å². The molecule has 2 N–H and O–H groups in total. The van der Waals surface area contributed by atoms with Gasteiger partial charge in [-0.05, 0) is 25.1 Å². The summed E-state index contributed by atoms with van der Waals surface area (Å²) in [5.74, 6) is -0.191. The van der Waals surface area contributed by atoms with E-state index in [9.17, 15) is 14.7 Å². The van der Waals surface area contributed by atoms with Crippen LogP contribution in [0, 0.1) is 6.92 Å². The Kier molecular flexibility index (Phi) is 4.98. The predicted octanol–water partition coefficient (Wildman–Crippen LogP) is 3.09. The molecule has 0 aliphatic heterocycles. The molecule has 1 amide bonds. The van der Waals surface area contributed by atoms with E-state index in [0.29, 0.717) is 5.56 Å². The third-order valence-electron chi connectivity index (χ3n) is 2.55. The SMILES string of the molecule is CC(=O)Nc1cc(C(=O)CSc2nc(C)cs2)ccc1O. The lowest BCUT2D eigenvalue weighted by atomic mass is 10.1. The molecular weight excluding hydrogens is 308 g/mol. The Morgan fingerprint density at radius 2 is 2.19 bits per heavy atom.